The lowest BCUT2D eigenvalue weighted by atomic mass is 10.1. The highest BCUT2D eigenvalue weighted by Crippen LogP contribution is 2.38. The molecule has 2 aromatic carbocycles. The summed E-state index contributed by atoms with van der Waals surface area (Å²) in [6.45, 7) is 2.47. The van der Waals surface area contributed by atoms with Crippen molar-refractivity contribution < 1.29 is 4.74 Å². The Balaban J connectivity index is 1.31. The quantitative estimate of drug-likeness (QED) is 0.272. The zero-order chi connectivity index (χ0) is 22.7. The van der Waals surface area contributed by atoms with E-state index in [1.807, 2.05) is 43.3 Å². The highest BCUT2D eigenvalue weighted by Gasteiger charge is 2.23. The Morgan fingerprint density at radius 3 is 2.67 bits per heavy atom. The van der Waals surface area contributed by atoms with E-state index in [0.29, 0.717) is 18.1 Å². The molecular formula is C24H18Br2N4O2S. The van der Waals surface area contributed by atoms with Crippen LogP contribution >= 0.6 is 43.2 Å². The molecule has 0 saturated heterocycles. The molecule has 3 heterocycles. The molecule has 9 heteroatoms. The fourth-order valence-corrected chi connectivity index (χ4v) is 7.27. The van der Waals surface area contributed by atoms with Crippen LogP contribution in [0.5, 0.6) is 5.75 Å². The topological polar surface area (TPSA) is 72.3 Å². The summed E-state index contributed by atoms with van der Waals surface area (Å²) in [5.41, 5.74) is 4.74. The Morgan fingerprint density at radius 1 is 1.15 bits per heavy atom. The molecule has 1 aliphatic rings. The van der Waals surface area contributed by atoms with Crippen molar-refractivity contribution in [3.8, 4) is 17.1 Å². The molecule has 0 saturated carbocycles. The van der Waals surface area contributed by atoms with E-state index in [1.54, 1.807) is 11.3 Å². The molecule has 0 spiro atoms. The van der Waals surface area contributed by atoms with Crippen LogP contribution in [0.2, 0.25) is 0 Å². The van der Waals surface area contributed by atoms with Crippen molar-refractivity contribution in [3.05, 3.63) is 77.4 Å². The molecule has 1 aliphatic carbocycles. The number of hydrogen-bond donors (Lipinski definition) is 1. The number of nitrogens with one attached hydrogen (secondary N) is 1. The van der Waals surface area contributed by atoms with Crippen LogP contribution in [0, 0.1) is 6.92 Å². The average Bonchev–Trinajstić information content (AvgIpc) is 3.48. The van der Waals surface area contributed by atoms with Gasteiger partial charge in [-0.25, -0.2) is 9.78 Å². The van der Waals surface area contributed by atoms with Gasteiger partial charge in [-0.1, -0.05) is 24.3 Å². The largest absolute Gasteiger partial charge is 0.487 e. The molecule has 1 N–H and O–H groups in total. The number of aromatic amines is 1. The van der Waals surface area contributed by atoms with Gasteiger partial charge in [0.05, 0.1) is 14.3 Å². The van der Waals surface area contributed by atoms with Gasteiger partial charge in [0.1, 0.15) is 17.2 Å². The monoisotopic (exact) mass is 584 g/mol. The molecule has 6 nitrogen and oxygen atoms in total. The first-order valence-electron chi connectivity index (χ1n) is 10.6. The molecule has 0 fully saturated rings. The average molecular weight is 586 g/mol. The highest BCUT2D eigenvalue weighted by molar-refractivity contribution is 9.11. The molecule has 0 bridgehead atoms. The first kappa shape index (κ1) is 21.1. The van der Waals surface area contributed by atoms with Crippen molar-refractivity contribution in [3.63, 3.8) is 0 Å². The van der Waals surface area contributed by atoms with Crippen molar-refractivity contribution >= 4 is 59.1 Å². The second-order valence-electron chi connectivity index (χ2n) is 8.21. The summed E-state index contributed by atoms with van der Waals surface area (Å²) in [5, 5.41) is 5.56. The summed E-state index contributed by atoms with van der Waals surface area (Å²) in [5.74, 6) is 1.32. The number of thiophene rings is 1. The highest BCUT2D eigenvalue weighted by atomic mass is 79.9. The molecule has 3 aromatic heterocycles. The minimum Gasteiger partial charge on any atom is -0.487 e. The Labute approximate surface area is 209 Å². The smallest absolute Gasteiger partial charge is 0.349 e. The van der Waals surface area contributed by atoms with E-state index in [2.05, 4.69) is 41.9 Å². The van der Waals surface area contributed by atoms with E-state index >= 15 is 0 Å². The van der Waals surface area contributed by atoms with Crippen molar-refractivity contribution in [2.24, 2.45) is 0 Å². The lowest BCUT2D eigenvalue weighted by Crippen LogP contribution is -2.17. The van der Waals surface area contributed by atoms with Gasteiger partial charge in [-0.3, -0.25) is 4.98 Å². The molecule has 0 radical (unpaired) electrons. The van der Waals surface area contributed by atoms with E-state index in [9.17, 15) is 4.79 Å². The van der Waals surface area contributed by atoms with Gasteiger partial charge in [0, 0.05) is 10.4 Å². The van der Waals surface area contributed by atoms with Gasteiger partial charge < -0.3 is 4.74 Å². The summed E-state index contributed by atoms with van der Waals surface area (Å²) >= 11 is 8.81. The van der Waals surface area contributed by atoms with Gasteiger partial charge >= 0.3 is 5.69 Å². The maximum absolute atomic E-state index is 12.6. The number of benzene rings is 2. The van der Waals surface area contributed by atoms with Crippen LogP contribution in [-0.2, 0) is 19.4 Å². The van der Waals surface area contributed by atoms with Gasteiger partial charge in [0.15, 0.2) is 11.5 Å². The minimum atomic E-state index is -0.254. The van der Waals surface area contributed by atoms with Crippen LogP contribution in [0.15, 0.2) is 50.1 Å². The van der Waals surface area contributed by atoms with Gasteiger partial charge in [-0.15, -0.1) is 16.4 Å². The van der Waals surface area contributed by atoms with Gasteiger partial charge in [0.2, 0.25) is 0 Å². The van der Waals surface area contributed by atoms with Crippen LogP contribution in [-0.4, -0.2) is 19.6 Å². The molecule has 166 valence electrons. The molecule has 6 rings (SSSR count). The Hall–Kier alpha value is -2.49. The van der Waals surface area contributed by atoms with Gasteiger partial charge in [-0.05, 0) is 86.9 Å². The number of aryl methyl sites for hydroxylation is 3. The summed E-state index contributed by atoms with van der Waals surface area (Å²) < 4.78 is 9.25. The summed E-state index contributed by atoms with van der Waals surface area (Å²) in [4.78, 5) is 22.6. The number of nitrogens with zero attached hydrogens (tertiary/aromatic N) is 3. The molecular weight excluding hydrogens is 568 g/mol. The molecule has 0 aliphatic heterocycles. The maximum atomic E-state index is 12.6. The maximum Gasteiger partial charge on any atom is 0.349 e. The SMILES string of the molecule is Cc1cc(Br)c(OCc2ccc(-c3nc4c5c6c(sc5[nH]c(=O)n4n3)CCC6)cc2)c(Br)c1. The van der Waals surface area contributed by atoms with Crippen LogP contribution in [0.25, 0.3) is 27.3 Å². The number of ether oxygens (including phenoxy) is 1. The Bertz CT molecular complexity index is 1580. The molecule has 5 aromatic rings. The van der Waals surface area contributed by atoms with Gasteiger partial charge in [0.25, 0.3) is 0 Å². The van der Waals surface area contributed by atoms with E-state index < -0.39 is 0 Å². The van der Waals surface area contributed by atoms with Gasteiger partial charge in [-0.2, -0.15) is 4.52 Å². The number of aromatic nitrogens is 4. The number of hydrogen-bond acceptors (Lipinski definition) is 5. The molecule has 0 atom stereocenters. The van der Waals surface area contributed by atoms with Crippen LogP contribution < -0.4 is 10.4 Å². The molecule has 33 heavy (non-hydrogen) atoms. The second kappa shape index (κ2) is 8.07. The summed E-state index contributed by atoms with van der Waals surface area (Å²) in [7, 11) is 0. The summed E-state index contributed by atoms with van der Waals surface area (Å²) in [6, 6.07) is 12.0. The molecule has 0 unspecified atom stereocenters. The minimum absolute atomic E-state index is 0.254. The van der Waals surface area contributed by atoms with E-state index in [0.717, 1.165) is 60.9 Å². The third kappa shape index (κ3) is 3.62. The van der Waals surface area contributed by atoms with Crippen molar-refractivity contribution in [1.29, 1.82) is 0 Å². The Morgan fingerprint density at radius 2 is 1.91 bits per heavy atom. The van der Waals surface area contributed by atoms with E-state index in [-0.39, 0.29) is 5.69 Å². The Kier molecular flexibility index (Phi) is 5.15. The van der Waals surface area contributed by atoms with Crippen molar-refractivity contribution in [1.82, 2.24) is 19.6 Å². The third-order valence-corrected chi connectivity index (χ3v) is 8.29. The number of halogens is 2. The number of fused-ring (bicyclic) bond motifs is 5. The normalized spacial score (nSPS) is 13.2. The van der Waals surface area contributed by atoms with Crippen LogP contribution in [0.4, 0.5) is 0 Å². The zero-order valence-electron chi connectivity index (χ0n) is 17.6. The zero-order valence-corrected chi connectivity index (χ0v) is 21.6. The van der Waals surface area contributed by atoms with Crippen molar-refractivity contribution in [2.75, 3.05) is 0 Å². The predicted octanol–water partition coefficient (Wildman–Crippen LogP) is 6.20. The standard InChI is InChI=1S/C24H18Br2N4O2S/c1-12-9-16(25)20(17(26)10-12)32-11-13-5-7-14(8-6-13)21-27-22-19-15-3-2-4-18(15)33-23(19)28-24(31)30(22)29-21/h5-10H,2-4,11H2,1H3,(H,28,31). The fraction of sp³-hybridized carbons (Fsp3) is 0.208. The first-order valence-corrected chi connectivity index (χ1v) is 13.0. The number of H-pyrrole nitrogens is 1. The van der Waals surface area contributed by atoms with Crippen LogP contribution in [0.1, 0.15) is 28.0 Å². The first-order chi connectivity index (χ1) is 16.0. The number of rotatable bonds is 4. The van der Waals surface area contributed by atoms with E-state index in [1.165, 1.54) is 15.0 Å². The lowest BCUT2D eigenvalue weighted by Gasteiger charge is -2.11. The predicted molar refractivity (Wildman–Crippen MR) is 137 cm³/mol. The van der Waals surface area contributed by atoms with E-state index in [4.69, 9.17) is 9.72 Å². The molecule has 0 amide bonds. The van der Waals surface area contributed by atoms with Crippen LogP contribution in [0.3, 0.4) is 0 Å². The third-order valence-electron chi connectivity index (χ3n) is 5.90. The lowest BCUT2D eigenvalue weighted by molar-refractivity contribution is 0.302. The van der Waals surface area contributed by atoms with Crippen molar-refractivity contribution in [2.45, 2.75) is 32.8 Å². The second-order valence-corrected chi connectivity index (χ2v) is 11.0. The summed E-state index contributed by atoms with van der Waals surface area (Å²) in [6.07, 6.45) is 3.26. The fourth-order valence-electron chi connectivity index (χ4n) is 4.35.